The first kappa shape index (κ1) is 20.9. The number of rotatable bonds is 8. The Bertz CT molecular complexity index is 737. The van der Waals surface area contributed by atoms with Crippen molar-refractivity contribution in [2.45, 2.75) is 38.0 Å². The second-order valence-corrected chi connectivity index (χ2v) is 6.36. The first-order chi connectivity index (χ1) is 12.8. The van der Waals surface area contributed by atoms with Gasteiger partial charge in [-0.05, 0) is 24.1 Å². The standard InChI is InChI=1S/C19H22F3N3O2/c1-11(23)8-15-7-6-14(10-24-15)12-2-4-13(5-3-12)17(26)16(9-20)25-19(27)18(21)22/h2-7,10-11,16-18,26H,8-9,23H2,1H3,(H,25,27)/t11?,16-,17+/m1/s1. The molecule has 0 saturated carbocycles. The molecule has 0 radical (unpaired) electrons. The van der Waals surface area contributed by atoms with E-state index in [1.165, 1.54) is 0 Å². The molecule has 0 aliphatic carbocycles. The van der Waals surface area contributed by atoms with E-state index in [0.717, 1.165) is 16.8 Å². The summed E-state index contributed by atoms with van der Waals surface area (Å²) in [5, 5.41) is 12.0. The summed E-state index contributed by atoms with van der Waals surface area (Å²) in [5.74, 6) is -1.62. The molecule has 27 heavy (non-hydrogen) atoms. The van der Waals surface area contributed by atoms with Crippen LogP contribution in [0.25, 0.3) is 11.1 Å². The number of amides is 1. The predicted molar refractivity (Wildman–Crippen MR) is 95.9 cm³/mol. The highest BCUT2D eigenvalue weighted by molar-refractivity contribution is 5.79. The third kappa shape index (κ3) is 5.77. The van der Waals surface area contributed by atoms with E-state index in [0.29, 0.717) is 12.0 Å². The smallest absolute Gasteiger partial charge is 0.315 e. The summed E-state index contributed by atoms with van der Waals surface area (Å²) >= 11 is 0. The van der Waals surface area contributed by atoms with Crippen molar-refractivity contribution in [3.8, 4) is 11.1 Å². The number of nitrogens with two attached hydrogens (primary N) is 1. The van der Waals surface area contributed by atoms with Crippen LogP contribution in [0.5, 0.6) is 0 Å². The van der Waals surface area contributed by atoms with E-state index in [4.69, 9.17) is 5.73 Å². The van der Waals surface area contributed by atoms with Gasteiger partial charge in [-0.25, -0.2) is 4.39 Å². The number of pyridine rings is 1. The van der Waals surface area contributed by atoms with Gasteiger partial charge < -0.3 is 16.2 Å². The van der Waals surface area contributed by atoms with Gasteiger partial charge in [-0.15, -0.1) is 0 Å². The number of hydrogen-bond donors (Lipinski definition) is 3. The van der Waals surface area contributed by atoms with Gasteiger partial charge in [-0.1, -0.05) is 30.3 Å². The number of carbonyl (C=O) groups is 1. The lowest BCUT2D eigenvalue weighted by atomic mass is 9.99. The molecule has 146 valence electrons. The number of hydrogen-bond acceptors (Lipinski definition) is 4. The van der Waals surface area contributed by atoms with Crippen molar-refractivity contribution in [1.82, 2.24) is 10.3 Å². The molecule has 1 unspecified atom stereocenters. The van der Waals surface area contributed by atoms with Crippen molar-refractivity contribution < 1.29 is 23.1 Å². The van der Waals surface area contributed by atoms with Gasteiger partial charge in [-0.2, -0.15) is 8.78 Å². The maximum atomic E-state index is 13.1. The molecule has 1 aromatic heterocycles. The maximum Gasteiger partial charge on any atom is 0.315 e. The van der Waals surface area contributed by atoms with E-state index in [2.05, 4.69) is 4.98 Å². The zero-order chi connectivity index (χ0) is 20.0. The fourth-order valence-corrected chi connectivity index (χ4v) is 2.60. The van der Waals surface area contributed by atoms with Crippen LogP contribution < -0.4 is 11.1 Å². The molecule has 8 heteroatoms. The maximum absolute atomic E-state index is 13.1. The Morgan fingerprint density at radius 1 is 1.19 bits per heavy atom. The SMILES string of the molecule is CC(N)Cc1ccc(-c2ccc([C@H](O)[C@@H](CF)NC(=O)C(F)F)cc2)cn1. The number of benzene rings is 1. The predicted octanol–water partition coefficient (Wildman–Crippen LogP) is 2.39. The average molecular weight is 381 g/mol. The fourth-order valence-electron chi connectivity index (χ4n) is 2.60. The molecule has 4 N–H and O–H groups in total. The van der Waals surface area contributed by atoms with E-state index in [1.807, 2.05) is 19.1 Å². The van der Waals surface area contributed by atoms with Gasteiger partial charge in [0.05, 0.1) is 6.04 Å². The lowest BCUT2D eigenvalue weighted by molar-refractivity contribution is -0.133. The van der Waals surface area contributed by atoms with Crippen LogP contribution in [0.1, 0.15) is 24.3 Å². The number of halogens is 3. The summed E-state index contributed by atoms with van der Waals surface area (Å²) in [6.45, 7) is 0.723. The summed E-state index contributed by atoms with van der Waals surface area (Å²) < 4.78 is 37.7. The van der Waals surface area contributed by atoms with Crippen molar-refractivity contribution in [1.29, 1.82) is 0 Å². The molecule has 2 rings (SSSR count). The normalized spacial score (nSPS) is 14.6. The van der Waals surface area contributed by atoms with E-state index in [9.17, 15) is 23.1 Å². The highest BCUT2D eigenvalue weighted by Gasteiger charge is 2.26. The van der Waals surface area contributed by atoms with Crippen molar-refractivity contribution >= 4 is 5.91 Å². The highest BCUT2D eigenvalue weighted by Crippen LogP contribution is 2.24. The van der Waals surface area contributed by atoms with Crippen LogP contribution >= 0.6 is 0 Å². The van der Waals surface area contributed by atoms with E-state index < -0.39 is 31.2 Å². The minimum absolute atomic E-state index is 0.0122. The fraction of sp³-hybridized carbons (Fsp3) is 0.368. The van der Waals surface area contributed by atoms with Gasteiger partial charge in [0.15, 0.2) is 0 Å². The Balaban J connectivity index is 2.10. The van der Waals surface area contributed by atoms with Crippen LogP contribution in [0.3, 0.4) is 0 Å². The summed E-state index contributed by atoms with van der Waals surface area (Å²) in [5.41, 5.74) is 8.59. The quantitative estimate of drug-likeness (QED) is 0.655. The monoisotopic (exact) mass is 381 g/mol. The van der Waals surface area contributed by atoms with Crippen molar-refractivity contribution in [3.05, 3.63) is 53.9 Å². The van der Waals surface area contributed by atoms with Crippen LogP contribution in [-0.2, 0) is 11.2 Å². The number of aliphatic hydroxyl groups excluding tert-OH is 1. The lowest BCUT2D eigenvalue weighted by Crippen LogP contribution is -2.43. The molecular formula is C19H22F3N3O2. The number of aliphatic hydroxyl groups is 1. The van der Waals surface area contributed by atoms with Crippen LogP contribution in [0.4, 0.5) is 13.2 Å². The largest absolute Gasteiger partial charge is 0.386 e. The number of nitrogens with one attached hydrogen (secondary N) is 1. The van der Waals surface area contributed by atoms with Gasteiger partial charge >= 0.3 is 6.43 Å². The number of alkyl halides is 3. The second kappa shape index (κ2) is 9.48. The Hall–Kier alpha value is -2.45. The molecule has 0 aliphatic rings. The van der Waals surface area contributed by atoms with Crippen LogP contribution in [-0.4, -0.2) is 41.2 Å². The third-order valence-corrected chi connectivity index (χ3v) is 4.01. The molecule has 0 bridgehead atoms. The van der Waals surface area contributed by atoms with Gasteiger partial charge in [-0.3, -0.25) is 9.78 Å². The van der Waals surface area contributed by atoms with Crippen LogP contribution in [0.15, 0.2) is 42.6 Å². The molecule has 5 nitrogen and oxygen atoms in total. The van der Waals surface area contributed by atoms with Crippen LogP contribution in [0.2, 0.25) is 0 Å². The van der Waals surface area contributed by atoms with Crippen LogP contribution in [0, 0.1) is 0 Å². The molecular weight excluding hydrogens is 359 g/mol. The summed E-state index contributed by atoms with van der Waals surface area (Å²) in [7, 11) is 0. The Labute approximate surface area is 155 Å². The minimum Gasteiger partial charge on any atom is -0.386 e. The third-order valence-electron chi connectivity index (χ3n) is 4.01. The first-order valence-corrected chi connectivity index (χ1v) is 8.45. The minimum atomic E-state index is -3.27. The summed E-state index contributed by atoms with van der Waals surface area (Å²) in [6.07, 6.45) is -2.35. The molecule has 1 amide bonds. The van der Waals surface area contributed by atoms with Gasteiger partial charge in [0.2, 0.25) is 0 Å². The molecule has 0 aliphatic heterocycles. The molecule has 3 atom stereocenters. The zero-order valence-corrected chi connectivity index (χ0v) is 14.8. The Morgan fingerprint density at radius 2 is 1.81 bits per heavy atom. The van der Waals surface area contributed by atoms with Gasteiger partial charge in [0, 0.05) is 29.9 Å². The van der Waals surface area contributed by atoms with Crippen molar-refractivity contribution in [2.75, 3.05) is 6.67 Å². The Morgan fingerprint density at radius 3 is 2.30 bits per heavy atom. The number of nitrogens with zero attached hydrogens (tertiary/aromatic N) is 1. The van der Waals surface area contributed by atoms with Crippen molar-refractivity contribution in [3.63, 3.8) is 0 Å². The molecule has 1 aromatic carbocycles. The average Bonchev–Trinajstić information content (AvgIpc) is 2.65. The van der Waals surface area contributed by atoms with Gasteiger partial charge in [0.1, 0.15) is 12.8 Å². The topological polar surface area (TPSA) is 88.2 Å². The molecule has 0 fully saturated rings. The zero-order valence-electron chi connectivity index (χ0n) is 14.8. The summed E-state index contributed by atoms with van der Waals surface area (Å²) in [4.78, 5) is 15.4. The van der Waals surface area contributed by atoms with E-state index in [-0.39, 0.29) is 6.04 Å². The van der Waals surface area contributed by atoms with E-state index >= 15 is 0 Å². The first-order valence-electron chi connectivity index (χ1n) is 8.45. The lowest BCUT2D eigenvalue weighted by Gasteiger charge is -2.22. The molecule has 0 spiro atoms. The van der Waals surface area contributed by atoms with E-state index in [1.54, 1.807) is 35.8 Å². The highest BCUT2D eigenvalue weighted by atomic mass is 19.3. The number of aromatic nitrogens is 1. The number of carbonyl (C=O) groups excluding carboxylic acids is 1. The molecule has 1 heterocycles. The Kier molecular flexibility index (Phi) is 7.32. The summed E-state index contributed by atoms with van der Waals surface area (Å²) in [6, 6.07) is 8.83. The van der Waals surface area contributed by atoms with Gasteiger partial charge in [0.25, 0.3) is 5.91 Å². The second-order valence-electron chi connectivity index (χ2n) is 6.36. The van der Waals surface area contributed by atoms with Crippen molar-refractivity contribution in [2.24, 2.45) is 5.73 Å². The molecule has 2 aromatic rings. The molecule has 0 saturated heterocycles.